The second-order valence-corrected chi connectivity index (χ2v) is 7.75. The highest BCUT2D eigenvalue weighted by Crippen LogP contribution is 2.20. The molecule has 2 heterocycles. The van der Waals surface area contributed by atoms with Crippen LogP contribution in [0, 0.1) is 11.3 Å². The van der Waals surface area contributed by atoms with Crippen LogP contribution in [0.1, 0.15) is 21.5 Å². The molecule has 5 N–H and O–H groups in total. The number of aliphatic hydroxyl groups is 2. The molecular formula is C25H24N6O3. The Labute approximate surface area is 196 Å². The van der Waals surface area contributed by atoms with Gasteiger partial charge in [0.2, 0.25) is 5.95 Å². The van der Waals surface area contributed by atoms with Crippen molar-refractivity contribution < 1.29 is 15.0 Å². The van der Waals surface area contributed by atoms with Crippen molar-refractivity contribution in [3.05, 3.63) is 77.6 Å². The number of fused-ring (bicyclic) bond motifs is 1. The van der Waals surface area contributed by atoms with Gasteiger partial charge in [-0.05, 0) is 42.3 Å². The lowest BCUT2D eigenvalue weighted by molar-refractivity contribution is 0.0954. The first-order chi connectivity index (χ1) is 16.6. The molecule has 0 fully saturated rings. The standard InChI is InChI=1S/C25H24N6O3/c26-12-19-13-29-23-6-1-16(11-21(19)23)7-9-27-24(34)18-4-2-17(3-5-18)22-8-10-28-25(31-22)30-20(14-32)15-33/h1-6,8,10-11,13,20,29,32-33H,7,9,14-15H2,(H,27,34)(H,28,30,31). The highest BCUT2D eigenvalue weighted by atomic mass is 16.3. The third-order valence-corrected chi connectivity index (χ3v) is 5.44. The Hall–Kier alpha value is -4.26. The number of hydrogen-bond donors (Lipinski definition) is 5. The summed E-state index contributed by atoms with van der Waals surface area (Å²) in [4.78, 5) is 24.1. The average Bonchev–Trinajstić information content (AvgIpc) is 3.30. The number of nitrogens with zero attached hydrogens (tertiary/aromatic N) is 3. The van der Waals surface area contributed by atoms with E-state index in [1.807, 2.05) is 18.2 Å². The Morgan fingerprint density at radius 1 is 1.12 bits per heavy atom. The molecule has 0 aliphatic rings. The van der Waals surface area contributed by atoms with Crippen LogP contribution in [0.3, 0.4) is 0 Å². The maximum Gasteiger partial charge on any atom is 0.251 e. The molecule has 1 amide bonds. The van der Waals surface area contributed by atoms with Crippen LogP contribution in [0.25, 0.3) is 22.2 Å². The summed E-state index contributed by atoms with van der Waals surface area (Å²) >= 11 is 0. The van der Waals surface area contributed by atoms with Crippen molar-refractivity contribution in [1.82, 2.24) is 20.3 Å². The van der Waals surface area contributed by atoms with Gasteiger partial charge in [-0.3, -0.25) is 4.79 Å². The van der Waals surface area contributed by atoms with Gasteiger partial charge in [-0.25, -0.2) is 9.97 Å². The number of hydrogen-bond acceptors (Lipinski definition) is 7. The summed E-state index contributed by atoms with van der Waals surface area (Å²) < 4.78 is 0. The molecule has 2 aromatic carbocycles. The summed E-state index contributed by atoms with van der Waals surface area (Å²) in [6, 6.07) is 16.3. The van der Waals surface area contributed by atoms with E-state index >= 15 is 0 Å². The fourth-order valence-corrected chi connectivity index (χ4v) is 3.55. The number of carbonyl (C=O) groups excluding carboxylic acids is 1. The zero-order valence-corrected chi connectivity index (χ0v) is 18.3. The van der Waals surface area contributed by atoms with Crippen molar-refractivity contribution in [3.63, 3.8) is 0 Å². The molecule has 0 aliphatic carbocycles. The number of nitrogens with one attached hydrogen (secondary N) is 3. The van der Waals surface area contributed by atoms with Gasteiger partial charge >= 0.3 is 0 Å². The number of aromatic nitrogens is 3. The van der Waals surface area contributed by atoms with Crippen LogP contribution >= 0.6 is 0 Å². The Kier molecular flexibility index (Phi) is 7.13. The lowest BCUT2D eigenvalue weighted by atomic mass is 10.1. The van der Waals surface area contributed by atoms with Gasteiger partial charge in [-0.15, -0.1) is 0 Å². The van der Waals surface area contributed by atoms with Gasteiger partial charge in [0.25, 0.3) is 5.91 Å². The number of nitriles is 1. The maximum atomic E-state index is 12.6. The molecule has 0 atom stereocenters. The molecule has 9 nitrogen and oxygen atoms in total. The molecule has 34 heavy (non-hydrogen) atoms. The summed E-state index contributed by atoms with van der Waals surface area (Å²) in [6.45, 7) is -0.0126. The van der Waals surface area contributed by atoms with Crippen molar-refractivity contribution in [3.8, 4) is 17.3 Å². The molecule has 0 aliphatic heterocycles. The predicted octanol–water partition coefficient (Wildman–Crippen LogP) is 2.23. The van der Waals surface area contributed by atoms with Crippen LogP contribution in [-0.2, 0) is 6.42 Å². The summed E-state index contributed by atoms with van der Waals surface area (Å²) in [5, 5.41) is 34.3. The van der Waals surface area contributed by atoms with Crippen LogP contribution < -0.4 is 10.6 Å². The maximum absolute atomic E-state index is 12.6. The predicted molar refractivity (Wildman–Crippen MR) is 128 cm³/mol. The topological polar surface area (TPSA) is 147 Å². The van der Waals surface area contributed by atoms with Crippen molar-refractivity contribution in [1.29, 1.82) is 5.26 Å². The highest BCUT2D eigenvalue weighted by molar-refractivity contribution is 5.94. The molecule has 172 valence electrons. The molecule has 4 rings (SSSR count). The Morgan fingerprint density at radius 3 is 2.65 bits per heavy atom. The Morgan fingerprint density at radius 2 is 1.91 bits per heavy atom. The monoisotopic (exact) mass is 456 g/mol. The fourth-order valence-electron chi connectivity index (χ4n) is 3.55. The number of anilines is 1. The second kappa shape index (κ2) is 10.6. The van der Waals surface area contributed by atoms with Gasteiger partial charge in [0.1, 0.15) is 6.07 Å². The van der Waals surface area contributed by atoms with Gasteiger partial charge in [-0.1, -0.05) is 18.2 Å². The average molecular weight is 457 g/mol. The first-order valence-corrected chi connectivity index (χ1v) is 10.8. The molecule has 0 saturated carbocycles. The van der Waals surface area contributed by atoms with Gasteiger partial charge in [0.15, 0.2) is 0 Å². The lowest BCUT2D eigenvalue weighted by Crippen LogP contribution is -2.28. The number of carbonyl (C=O) groups is 1. The van der Waals surface area contributed by atoms with E-state index in [2.05, 4.69) is 31.7 Å². The van der Waals surface area contributed by atoms with E-state index in [-0.39, 0.29) is 19.1 Å². The number of aliphatic hydroxyl groups excluding tert-OH is 2. The molecule has 2 aromatic heterocycles. The van der Waals surface area contributed by atoms with Crippen LogP contribution in [-0.4, -0.2) is 56.9 Å². The quantitative estimate of drug-likeness (QED) is 0.259. The van der Waals surface area contributed by atoms with Crippen molar-refractivity contribution in [2.24, 2.45) is 0 Å². The minimum atomic E-state index is -0.542. The van der Waals surface area contributed by atoms with E-state index in [1.165, 1.54) is 0 Å². The third-order valence-electron chi connectivity index (χ3n) is 5.44. The smallest absolute Gasteiger partial charge is 0.251 e. The SMILES string of the molecule is N#Cc1c[nH]c2ccc(CCNC(=O)c3ccc(-c4ccnc(NC(CO)CO)n4)cc3)cc12. The lowest BCUT2D eigenvalue weighted by Gasteiger charge is -2.13. The minimum absolute atomic E-state index is 0.175. The summed E-state index contributed by atoms with van der Waals surface area (Å²) in [6.07, 6.45) is 3.93. The minimum Gasteiger partial charge on any atom is -0.394 e. The van der Waals surface area contributed by atoms with Crippen LogP contribution in [0.15, 0.2) is 60.9 Å². The summed E-state index contributed by atoms with van der Waals surface area (Å²) in [5.74, 6) is 0.123. The van der Waals surface area contributed by atoms with Gasteiger partial charge in [-0.2, -0.15) is 5.26 Å². The van der Waals surface area contributed by atoms with Gasteiger partial charge in [0, 0.05) is 41.0 Å². The first kappa shape index (κ1) is 22.9. The summed E-state index contributed by atoms with van der Waals surface area (Å²) in [5.41, 5.74) is 4.55. The van der Waals surface area contributed by atoms with E-state index in [1.54, 1.807) is 42.7 Å². The number of H-pyrrole nitrogens is 1. The van der Waals surface area contributed by atoms with Crippen LogP contribution in [0.2, 0.25) is 0 Å². The number of benzene rings is 2. The zero-order chi connectivity index (χ0) is 23.9. The summed E-state index contributed by atoms with van der Waals surface area (Å²) in [7, 11) is 0. The second-order valence-electron chi connectivity index (χ2n) is 7.75. The molecule has 0 unspecified atom stereocenters. The van der Waals surface area contributed by atoms with E-state index in [0.29, 0.717) is 35.7 Å². The largest absolute Gasteiger partial charge is 0.394 e. The fraction of sp³-hybridized carbons (Fsp3) is 0.200. The van der Waals surface area contributed by atoms with E-state index in [0.717, 1.165) is 22.0 Å². The molecule has 9 heteroatoms. The van der Waals surface area contributed by atoms with Crippen LogP contribution in [0.4, 0.5) is 5.95 Å². The Balaban J connectivity index is 1.36. The number of aromatic amines is 1. The molecule has 4 aromatic rings. The van der Waals surface area contributed by atoms with E-state index in [4.69, 9.17) is 0 Å². The zero-order valence-electron chi connectivity index (χ0n) is 18.3. The van der Waals surface area contributed by atoms with E-state index in [9.17, 15) is 20.3 Å². The van der Waals surface area contributed by atoms with Crippen molar-refractivity contribution in [2.45, 2.75) is 12.5 Å². The van der Waals surface area contributed by atoms with Crippen LogP contribution in [0.5, 0.6) is 0 Å². The molecule has 0 saturated heterocycles. The molecule has 0 bridgehead atoms. The molecule has 0 spiro atoms. The Bertz CT molecular complexity index is 1320. The first-order valence-electron chi connectivity index (χ1n) is 10.8. The van der Waals surface area contributed by atoms with Crippen molar-refractivity contribution in [2.75, 3.05) is 25.1 Å². The van der Waals surface area contributed by atoms with Gasteiger partial charge in [0.05, 0.1) is 30.5 Å². The molecular weight excluding hydrogens is 432 g/mol. The number of amides is 1. The molecule has 0 radical (unpaired) electrons. The van der Waals surface area contributed by atoms with Crippen molar-refractivity contribution >= 4 is 22.8 Å². The van der Waals surface area contributed by atoms with E-state index < -0.39 is 6.04 Å². The normalized spacial score (nSPS) is 10.9. The van der Waals surface area contributed by atoms with Gasteiger partial charge < -0.3 is 25.8 Å². The third kappa shape index (κ3) is 5.20. The highest BCUT2D eigenvalue weighted by Gasteiger charge is 2.10. The number of rotatable bonds is 9.